The Hall–Kier alpha value is -3.16. The molecule has 1 amide bonds. The summed E-state index contributed by atoms with van der Waals surface area (Å²) in [6, 6.07) is 5.18. The van der Waals surface area contributed by atoms with E-state index in [0.717, 1.165) is 5.56 Å². The maximum atomic E-state index is 12.0. The molecular weight excluding hydrogens is 340 g/mol. The normalized spacial score (nSPS) is 16.1. The molecule has 0 saturated heterocycles. The van der Waals surface area contributed by atoms with Gasteiger partial charge in [0.2, 0.25) is 23.8 Å². The van der Waals surface area contributed by atoms with Gasteiger partial charge in [0.25, 0.3) is 0 Å². The van der Waals surface area contributed by atoms with E-state index >= 15 is 0 Å². The molecule has 1 aromatic heterocycles. The van der Waals surface area contributed by atoms with Crippen LogP contribution in [0.1, 0.15) is 30.0 Å². The third-order valence-corrected chi connectivity index (χ3v) is 4.04. The molecule has 8 nitrogen and oxygen atoms in total. The molecule has 1 aromatic carbocycles. The maximum absolute atomic E-state index is 12.0. The van der Waals surface area contributed by atoms with Gasteiger partial charge in [-0.1, -0.05) is 0 Å². The van der Waals surface area contributed by atoms with Crippen LogP contribution >= 0.6 is 0 Å². The van der Waals surface area contributed by atoms with Crippen LogP contribution in [-0.2, 0) is 9.53 Å². The first-order valence-electron chi connectivity index (χ1n) is 7.89. The fourth-order valence-corrected chi connectivity index (χ4v) is 2.74. The Labute approximate surface area is 150 Å². The Morgan fingerprint density at radius 3 is 2.27 bits per heavy atom. The van der Waals surface area contributed by atoms with Gasteiger partial charge >= 0.3 is 0 Å². The summed E-state index contributed by atoms with van der Waals surface area (Å²) in [5, 5.41) is 5.60. The molecule has 2 heterocycles. The number of nitrogens with zero attached hydrogens (tertiary/aromatic N) is 2. The van der Waals surface area contributed by atoms with Gasteiger partial charge in [0, 0.05) is 12.5 Å². The molecule has 0 fully saturated rings. The van der Waals surface area contributed by atoms with Crippen molar-refractivity contribution >= 4 is 11.8 Å². The van der Waals surface area contributed by atoms with Crippen LogP contribution in [0, 0.1) is 6.92 Å². The maximum Gasteiger partial charge on any atom is 0.243 e. The summed E-state index contributed by atoms with van der Waals surface area (Å²) in [4.78, 5) is 12.0. The number of hydrogen-bond acceptors (Lipinski definition) is 7. The highest BCUT2D eigenvalue weighted by Gasteiger charge is 2.35. The fraction of sp³-hybridized carbons (Fsp3) is 0.333. The van der Waals surface area contributed by atoms with Crippen LogP contribution in [-0.4, -0.2) is 38.1 Å². The van der Waals surface area contributed by atoms with Crippen molar-refractivity contribution in [1.29, 1.82) is 0 Å². The average molecular weight is 360 g/mol. The van der Waals surface area contributed by atoms with Gasteiger partial charge in [-0.25, -0.2) is 0 Å². The third-order valence-electron chi connectivity index (χ3n) is 4.04. The van der Waals surface area contributed by atoms with Crippen LogP contribution in [0.5, 0.6) is 17.2 Å². The molecule has 0 radical (unpaired) electrons. The Morgan fingerprint density at radius 2 is 1.81 bits per heavy atom. The number of rotatable bonds is 5. The molecular formula is C18H20N2O6. The topological polar surface area (TPSA) is 82.7 Å². The number of carbonyl (C=O) groups excluding carboxylic acids is 1. The highest BCUT2D eigenvalue weighted by Crippen LogP contribution is 2.40. The highest BCUT2D eigenvalue weighted by molar-refractivity contribution is 5.97. The van der Waals surface area contributed by atoms with Gasteiger partial charge in [0.15, 0.2) is 11.5 Å². The van der Waals surface area contributed by atoms with E-state index in [4.69, 9.17) is 23.4 Å². The molecule has 0 aliphatic carbocycles. The minimum absolute atomic E-state index is 0.252. The second kappa shape index (κ2) is 6.99. The minimum Gasteiger partial charge on any atom is -0.493 e. The van der Waals surface area contributed by atoms with Gasteiger partial charge in [0.1, 0.15) is 5.76 Å². The number of amides is 1. The van der Waals surface area contributed by atoms with E-state index in [2.05, 4.69) is 5.10 Å². The van der Waals surface area contributed by atoms with Crippen molar-refractivity contribution in [2.75, 3.05) is 21.3 Å². The summed E-state index contributed by atoms with van der Waals surface area (Å²) in [5.74, 6) is 2.06. The van der Waals surface area contributed by atoms with Crippen LogP contribution in [0.2, 0.25) is 0 Å². The summed E-state index contributed by atoms with van der Waals surface area (Å²) in [6.07, 6.45) is 0.851. The first-order valence-corrected chi connectivity index (χ1v) is 7.89. The number of furan rings is 1. The average Bonchev–Trinajstić information content (AvgIpc) is 3.26. The zero-order valence-corrected chi connectivity index (χ0v) is 15.2. The molecule has 1 aliphatic heterocycles. The second-order valence-electron chi connectivity index (χ2n) is 5.59. The number of carbonyl (C=O) groups is 1. The second-order valence-corrected chi connectivity index (χ2v) is 5.59. The first-order chi connectivity index (χ1) is 12.5. The van der Waals surface area contributed by atoms with Crippen molar-refractivity contribution in [2.45, 2.75) is 20.1 Å². The summed E-state index contributed by atoms with van der Waals surface area (Å²) in [6.45, 7) is 3.22. The Balaban J connectivity index is 2.03. The highest BCUT2D eigenvalue weighted by atomic mass is 16.5. The zero-order chi connectivity index (χ0) is 18.8. The van der Waals surface area contributed by atoms with Crippen LogP contribution in [0.4, 0.5) is 0 Å². The fourth-order valence-electron chi connectivity index (χ4n) is 2.74. The van der Waals surface area contributed by atoms with Crippen molar-refractivity contribution in [1.82, 2.24) is 5.01 Å². The Kier molecular flexibility index (Phi) is 4.75. The SMILES string of the molecule is COc1cc(C2=NN(C(C)=O)C(c3ccoc3C)O2)cc(OC)c1OC. The van der Waals surface area contributed by atoms with Crippen LogP contribution in [0.15, 0.2) is 34.0 Å². The molecule has 138 valence electrons. The molecule has 2 aromatic rings. The summed E-state index contributed by atoms with van der Waals surface area (Å²) in [5.41, 5.74) is 1.32. The van der Waals surface area contributed by atoms with Gasteiger partial charge < -0.3 is 23.4 Å². The smallest absolute Gasteiger partial charge is 0.243 e. The molecule has 1 atom stereocenters. The van der Waals surface area contributed by atoms with E-state index in [0.29, 0.717) is 28.6 Å². The number of benzene rings is 1. The lowest BCUT2D eigenvalue weighted by Crippen LogP contribution is -2.25. The molecule has 0 saturated carbocycles. The van der Waals surface area contributed by atoms with Gasteiger partial charge in [-0.3, -0.25) is 4.79 Å². The molecule has 0 bridgehead atoms. The number of hydrazone groups is 1. The molecule has 1 unspecified atom stereocenters. The monoisotopic (exact) mass is 360 g/mol. The predicted molar refractivity (Wildman–Crippen MR) is 92.4 cm³/mol. The predicted octanol–water partition coefficient (Wildman–Crippen LogP) is 2.85. The van der Waals surface area contributed by atoms with E-state index in [1.54, 1.807) is 31.4 Å². The summed E-state index contributed by atoms with van der Waals surface area (Å²) >= 11 is 0. The third kappa shape index (κ3) is 2.94. The number of hydrogen-bond donors (Lipinski definition) is 0. The van der Waals surface area contributed by atoms with E-state index in [9.17, 15) is 4.79 Å². The molecule has 1 aliphatic rings. The van der Waals surface area contributed by atoms with Crippen molar-refractivity contribution < 1.29 is 28.2 Å². The van der Waals surface area contributed by atoms with E-state index in [1.807, 2.05) is 0 Å². The minimum atomic E-state index is -0.694. The van der Waals surface area contributed by atoms with Crippen molar-refractivity contribution in [2.24, 2.45) is 5.10 Å². The lowest BCUT2D eigenvalue weighted by Gasteiger charge is -2.18. The van der Waals surface area contributed by atoms with Crippen molar-refractivity contribution in [3.63, 3.8) is 0 Å². The summed E-state index contributed by atoms with van der Waals surface area (Å²) < 4.78 is 27.3. The van der Waals surface area contributed by atoms with Crippen LogP contribution in [0.25, 0.3) is 0 Å². The lowest BCUT2D eigenvalue weighted by molar-refractivity contribution is -0.135. The van der Waals surface area contributed by atoms with Crippen LogP contribution < -0.4 is 14.2 Å². The zero-order valence-electron chi connectivity index (χ0n) is 15.2. The standard InChI is InChI=1S/C18H20N2O6/c1-10-13(6-7-25-10)18-20(11(2)21)19-17(26-18)12-8-14(22-3)16(24-5)15(9-12)23-4/h6-9,18H,1-5H3. The first kappa shape index (κ1) is 17.7. The van der Waals surface area contributed by atoms with Gasteiger partial charge in [-0.2, -0.15) is 5.01 Å². The van der Waals surface area contributed by atoms with Crippen molar-refractivity contribution in [3.8, 4) is 17.2 Å². The van der Waals surface area contributed by atoms with Gasteiger partial charge in [-0.15, -0.1) is 5.10 Å². The number of ether oxygens (including phenoxy) is 4. The van der Waals surface area contributed by atoms with Gasteiger partial charge in [-0.05, 0) is 25.1 Å². The number of methoxy groups -OCH3 is 3. The van der Waals surface area contributed by atoms with Crippen LogP contribution in [0.3, 0.4) is 0 Å². The molecule has 0 N–H and O–H groups in total. The van der Waals surface area contributed by atoms with Gasteiger partial charge in [0.05, 0.1) is 33.2 Å². The number of aryl methyl sites for hydroxylation is 1. The van der Waals surface area contributed by atoms with E-state index < -0.39 is 6.23 Å². The van der Waals surface area contributed by atoms with E-state index in [1.165, 1.54) is 33.3 Å². The summed E-state index contributed by atoms with van der Waals surface area (Å²) in [7, 11) is 4.58. The van der Waals surface area contributed by atoms with E-state index in [-0.39, 0.29) is 11.8 Å². The quantitative estimate of drug-likeness (QED) is 0.815. The molecule has 3 rings (SSSR count). The molecule has 26 heavy (non-hydrogen) atoms. The Morgan fingerprint density at radius 1 is 1.15 bits per heavy atom. The lowest BCUT2D eigenvalue weighted by atomic mass is 10.1. The molecule has 0 spiro atoms. The van der Waals surface area contributed by atoms with Crippen molar-refractivity contribution in [3.05, 3.63) is 41.3 Å². The Bertz CT molecular complexity index is 832. The molecule has 8 heteroatoms. The largest absolute Gasteiger partial charge is 0.493 e.